The Hall–Kier alpha value is -4.61. The zero-order valence-corrected chi connectivity index (χ0v) is 28.6. The first-order chi connectivity index (χ1) is 22.0. The van der Waals surface area contributed by atoms with Gasteiger partial charge in [0, 0.05) is 32.6 Å². The molecule has 0 aliphatic carbocycles. The van der Waals surface area contributed by atoms with Crippen molar-refractivity contribution in [2.45, 2.75) is 66.2 Å². The summed E-state index contributed by atoms with van der Waals surface area (Å²) < 4.78 is 18.3. The van der Waals surface area contributed by atoms with E-state index in [1.54, 1.807) is 45.0 Å². The molecule has 4 aromatic rings. The van der Waals surface area contributed by atoms with Crippen LogP contribution in [0.1, 0.15) is 46.0 Å². The lowest BCUT2D eigenvalue weighted by Crippen LogP contribution is -2.39. The fraction of sp³-hybridized carbons (Fsp3) is 0.324. The Morgan fingerprint density at radius 2 is 1.43 bits per heavy atom. The van der Waals surface area contributed by atoms with Crippen molar-refractivity contribution in [1.29, 1.82) is 0 Å². The molecule has 2 aromatic carbocycles. The number of halogens is 2. The predicted molar refractivity (Wildman–Crippen MR) is 178 cm³/mol. The number of esters is 3. The molecule has 5 rings (SSSR count). The van der Waals surface area contributed by atoms with Crippen molar-refractivity contribution in [1.82, 2.24) is 19.6 Å². The molecular weight excluding hydrogens is 647 g/mol. The molecule has 0 saturated heterocycles. The lowest BCUT2D eigenvalue weighted by molar-refractivity contribution is -0.178. The SMILES string of the molecule is CCOC(=O)C(C)(C)OC(=O)Cn1nc(-c2ccc(Cl)cc2)cc1C.Cc1cc(-c2ccc(Cl)cc2)nn1C1=C(O)C(C)(C)OC1=O. The highest BCUT2D eigenvalue weighted by atomic mass is 35.5. The monoisotopic (exact) mass is 682 g/mol. The molecule has 0 bridgehead atoms. The Labute approximate surface area is 282 Å². The normalized spacial score (nSPS) is 13.9. The van der Waals surface area contributed by atoms with E-state index in [0.29, 0.717) is 15.7 Å². The maximum Gasteiger partial charge on any atom is 0.361 e. The predicted octanol–water partition coefficient (Wildman–Crippen LogP) is 6.97. The number of aryl methyl sites for hydroxylation is 2. The number of hydrogen-bond donors (Lipinski definition) is 1. The number of cyclic esters (lactones) is 1. The van der Waals surface area contributed by atoms with Crippen LogP contribution in [0.5, 0.6) is 0 Å². The van der Waals surface area contributed by atoms with E-state index in [1.807, 2.05) is 50.2 Å². The van der Waals surface area contributed by atoms with Crippen molar-refractivity contribution >= 4 is 46.8 Å². The molecule has 13 heteroatoms. The van der Waals surface area contributed by atoms with E-state index in [4.69, 9.17) is 37.4 Å². The van der Waals surface area contributed by atoms with Crippen LogP contribution in [0.4, 0.5) is 0 Å². The van der Waals surface area contributed by atoms with Gasteiger partial charge in [0.25, 0.3) is 0 Å². The highest BCUT2D eigenvalue weighted by molar-refractivity contribution is 6.30. The number of aliphatic hydroxyl groups is 1. The van der Waals surface area contributed by atoms with Gasteiger partial charge >= 0.3 is 17.9 Å². The molecule has 47 heavy (non-hydrogen) atoms. The summed E-state index contributed by atoms with van der Waals surface area (Å²) in [5.41, 5.74) is 2.39. The number of carbonyl (C=O) groups excluding carboxylic acids is 3. The number of nitrogens with zero attached hydrogens (tertiary/aromatic N) is 4. The van der Waals surface area contributed by atoms with Gasteiger partial charge in [-0.15, -0.1) is 0 Å². The van der Waals surface area contributed by atoms with Gasteiger partial charge in [-0.25, -0.2) is 14.3 Å². The van der Waals surface area contributed by atoms with Gasteiger partial charge in [-0.3, -0.25) is 9.48 Å². The van der Waals surface area contributed by atoms with Crippen LogP contribution in [0.25, 0.3) is 28.2 Å². The van der Waals surface area contributed by atoms with E-state index in [2.05, 4.69) is 10.2 Å². The molecule has 1 aliphatic rings. The topological polar surface area (TPSA) is 135 Å². The lowest BCUT2D eigenvalue weighted by atomic mass is 10.1. The van der Waals surface area contributed by atoms with Crippen molar-refractivity contribution < 1.29 is 33.7 Å². The quantitative estimate of drug-likeness (QED) is 0.154. The van der Waals surface area contributed by atoms with Crippen molar-refractivity contribution in [3.63, 3.8) is 0 Å². The second kappa shape index (κ2) is 14.0. The van der Waals surface area contributed by atoms with Gasteiger partial charge in [0.05, 0.1) is 18.0 Å². The molecule has 11 nitrogen and oxygen atoms in total. The Kier molecular flexibility index (Phi) is 10.5. The molecule has 0 spiro atoms. The Morgan fingerprint density at radius 3 is 1.91 bits per heavy atom. The van der Waals surface area contributed by atoms with Gasteiger partial charge in [0.2, 0.25) is 5.60 Å². The molecule has 0 unspecified atom stereocenters. The smallest absolute Gasteiger partial charge is 0.361 e. The number of aliphatic hydroxyl groups excluding tert-OH is 1. The van der Waals surface area contributed by atoms with Crippen molar-refractivity contribution in [2.24, 2.45) is 0 Å². The Bertz CT molecular complexity index is 1820. The summed E-state index contributed by atoms with van der Waals surface area (Å²) in [5.74, 6) is -1.85. The zero-order valence-electron chi connectivity index (χ0n) is 27.1. The third kappa shape index (κ3) is 8.22. The van der Waals surface area contributed by atoms with E-state index in [0.717, 1.165) is 28.2 Å². The van der Waals surface area contributed by atoms with Gasteiger partial charge in [0.15, 0.2) is 17.1 Å². The van der Waals surface area contributed by atoms with Crippen molar-refractivity contribution in [3.05, 3.63) is 87.9 Å². The first-order valence-corrected chi connectivity index (χ1v) is 15.5. The highest BCUT2D eigenvalue weighted by Gasteiger charge is 2.43. The van der Waals surface area contributed by atoms with Gasteiger partial charge in [0.1, 0.15) is 6.54 Å². The lowest BCUT2D eigenvalue weighted by Gasteiger charge is -2.22. The Morgan fingerprint density at radius 1 is 0.915 bits per heavy atom. The van der Waals surface area contributed by atoms with E-state index >= 15 is 0 Å². The first-order valence-electron chi connectivity index (χ1n) is 14.7. The highest BCUT2D eigenvalue weighted by Crippen LogP contribution is 2.34. The van der Waals surface area contributed by atoms with Crippen molar-refractivity contribution in [2.75, 3.05) is 6.61 Å². The summed E-state index contributed by atoms with van der Waals surface area (Å²) in [6.07, 6.45) is 0. The van der Waals surface area contributed by atoms with E-state index in [1.165, 1.54) is 23.2 Å². The molecule has 0 amide bonds. The summed E-state index contributed by atoms with van der Waals surface area (Å²) in [6.45, 7) is 11.7. The Balaban J connectivity index is 0.000000214. The molecule has 2 aromatic heterocycles. The summed E-state index contributed by atoms with van der Waals surface area (Å²) >= 11 is 11.8. The summed E-state index contributed by atoms with van der Waals surface area (Å²) in [6, 6.07) is 18.2. The number of rotatable bonds is 8. The van der Waals surface area contributed by atoms with Crippen LogP contribution in [0, 0.1) is 13.8 Å². The molecule has 1 N–H and O–H groups in total. The van der Waals surface area contributed by atoms with E-state index in [-0.39, 0.29) is 24.6 Å². The summed E-state index contributed by atoms with van der Waals surface area (Å²) in [7, 11) is 0. The number of benzene rings is 2. The molecule has 0 fully saturated rings. The first kappa shape index (κ1) is 35.2. The fourth-order valence-corrected chi connectivity index (χ4v) is 4.83. The molecule has 0 atom stereocenters. The molecular formula is C34H36Cl2N4O7. The number of aromatic nitrogens is 4. The standard InChI is InChI=1S/C18H21ClN2O4.C16H15ClN2O3/c1-5-24-17(23)18(3,4)25-16(22)11-21-12(2)10-15(20-21)13-6-8-14(19)9-7-13;1-9-8-12(10-4-6-11(17)7-5-10)18-19(9)13-14(20)16(2,3)22-15(13)21/h6-10H,5,11H2,1-4H3;4-8,20H,1-3H3. The van der Waals surface area contributed by atoms with Crippen LogP contribution in [-0.2, 0) is 35.1 Å². The second-order valence-corrected chi connectivity index (χ2v) is 12.6. The molecule has 1 aliphatic heterocycles. The molecule has 3 heterocycles. The van der Waals surface area contributed by atoms with Crippen molar-refractivity contribution in [3.8, 4) is 22.5 Å². The third-order valence-corrected chi connectivity index (χ3v) is 7.62. The maximum atomic E-state index is 12.2. The average Bonchev–Trinajstić information content (AvgIpc) is 3.61. The van der Waals surface area contributed by atoms with Crippen LogP contribution >= 0.6 is 23.2 Å². The summed E-state index contributed by atoms with van der Waals surface area (Å²) in [4.78, 5) is 36.0. The molecule has 0 radical (unpaired) electrons. The van der Waals surface area contributed by atoms with Crippen LogP contribution < -0.4 is 0 Å². The minimum Gasteiger partial charge on any atom is -0.506 e. The molecule has 0 saturated carbocycles. The second-order valence-electron chi connectivity index (χ2n) is 11.7. The van der Waals surface area contributed by atoms with Gasteiger partial charge in [-0.05, 0) is 84.9 Å². The minimum atomic E-state index is -1.34. The van der Waals surface area contributed by atoms with Crippen LogP contribution in [0.15, 0.2) is 66.4 Å². The fourth-order valence-electron chi connectivity index (χ4n) is 4.58. The zero-order chi connectivity index (χ0) is 34.7. The third-order valence-electron chi connectivity index (χ3n) is 7.11. The van der Waals surface area contributed by atoms with Crippen LogP contribution in [0.3, 0.4) is 0 Å². The van der Waals surface area contributed by atoms with Gasteiger partial charge < -0.3 is 19.3 Å². The number of carbonyl (C=O) groups is 3. The van der Waals surface area contributed by atoms with E-state index < -0.39 is 29.1 Å². The minimum absolute atomic E-state index is 0.0581. The van der Waals surface area contributed by atoms with Gasteiger partial charge in [-0.1, -0.05) is 47.5 Å². The maximum absolute atomic E-state index is 12.2. The number of hydrogen-bond acceptors (Lipinski definition) is 9. The summed E-state index contributed by atoms with van der Waals surface area (Å²) in [5, 5.41) is 20.4. The number of ether oxygens (including phenoxy) is 3. The largest absolute Gasteiger partial charge is 0.506 e. The van der Waals surface area contributed by atoms with Crippen LogP contribution in [-0.4, -0.2) is 60.4 Å². The van der Waals surface area contributed by atoms with Gasteiger partial charge in [-0.2, -0.15) is 10.2 Å². The van der Waals surface area contributed by atoms with E-state index in [9.17, 15) is 19.5 Å². The average molecular weight is 684 g/mol. The van der Waals surface area contributed by atoms with Crippen LogP contribution in [0.2, 0.25) is 10.0 Å². The molecule has 248 valence electrons.